The summed E-state index contributed by atoms with van der Waals surface area (Å²) in [7, 11) is 0. The molecule has 112 valence electrons. The molecule has 0 heterocycles. The summed E-state index contributed by atoms with van der Waals surface area (Å²) in [5.74, 6) is -1.41. The van der Waals surface area contributed by atoms with Gasteiger partial charge >= 0.3 is 11.8 Å². The average Bonchev–Trinajstić information content (AvgIpc) is 2.50. The topological polar surface area (TPSA) is 90.8 Å². The van der Waals surface area contributed by atoms with Crippen molar-refractivity contribution in [1.29, 1.82) is 0 Å². The number of phenolic OH excluding ortho intramolecular Hbond substituents is 1. The Balaban J connectivity index is 1.81. The Morgan fingerprint density at radius 1 is 1.14 bits per heavy atom. The van der Waals surface area contributed by atoms with Gasteiger partial charge in [0.25, 0.3) is 0 Å². The Morgan fingerprint density at radius 3 is 2.57 bits per heavy atom. The minimum Gasteiger partial charge on any atom is -0.507 e. The lowest BCUT2D eigenvalue weighted by molar-refractivity contribution is -0.139. The summed E-state index contributed by atoms with van der Waals surface area (Å²) < 4.78 is 0. The average molecular weight is 289 g/mol. The van der Waals surface area contributed by atoms with E-state index in [9.17, 15) is 14.7 Å². The number of amides is 2. The number of hydrogen-bond acceptors (Lipinski definition) is 4. The van der Waals surface area contributed by atoms with Crippen LogP contribution in [-0.4, -0.2) is 29.2 Å². The van der Waals surface area contributed by atoms with Gasteiger partial charge in [-0.1, -0.05) is 31.4 Å². The zero-order chi connectivity index (χ0) is 15.1. The molecular weight excluding hydrogens is 270 g/mol. The summed E-state index contributed by atoms with van der Waals surface area (Å²) in [6.45, 7) is 0. The van der Waals surface area contributed by atoms with E-state index in [1.807, 2.05) is 0 Å². The third kappa shape index (κ3) is 4.59. The predicted molar refractivity (Wildman–Crippen MR) is 78.9 cm³/mol. The summed E-state index contributed by atoms with van der Waals surface area (Å²) in [6.07, 6.45) is 6.47. The zero-order valence-electron chi connectivity index (χ0n) is 11.7. The molecule has 0 aliphatic heterocycles. The first-order chi connectivity index (χ1) is 10.2. The second-order valence-corrected chi connectivity index (χ2v) is 5.07. The second kappa shape index (κ2) is 7.42. The van der Waals surface area contributed by atoms with Gasteiger partial charge in [-0.05, 0) is 25.0 Å². The number of nitrogens with one attached hydrogen (secondary N) is 2. The van der Waals surface area contributed by atoms with E-state index in [1.165, 1.54) is 18.7 Å². The van der Waals surface area contributed by atoms with E-state index in [-0.39, 0.29) is 11.8 Å². The lowest BCUT2D eigenvalue weighted by Gasteiger charge is -2.22. The van der Waals surface area contributed by atoms with E-state index < -0.39 is 11.8 Å². The maximum atomic E-state index is 11.7. The Morgan fingerprint density at radius 2 is 1.86 bits per heavy atom. The fraction of sp³-hybridized carbons (Fsp3) is 0.400. The van der Waals surface area contributed by atoms with Crippen molar-refractivity contribution in [1.82, 2.24) is 10.7 Å². The van der Waals surface area contributed by atoms with E-state index in [4.69, 9.17) is 0 Å². The van der Waals surface area contributed by atoms with Crippen LogP contribution in [0, 0.1) is 0 Å². The van der Waals surface area contributed by atoms with Gasteiger partial charge in [-0.2, -0.15) is 5.10 Å². The molecular formula is C15H19N3O3. The molecule has 0 unspecified atom stereocenters. The molecule has 0 spiro atoms. The first kappa shape index (κ1) is 15.0. The summed E-state index contributed by atoms with van der Waals surface area (Å²) in [5, 5.41) is 15.9. The largest absolute Gasteiger partial charge is 0.507 e. The molecule has 1 aromatic rings. The van der Waals surface area contributed by atoms with E-state index in [2.05, 4.69) is 15.8 Å². The fourth-order valence-corrected chi connectivity index (χ4v) is 2.31. The van der Waals surface area contributed by atoms with Crippen LogP contribution in [0.4, 0.5) is 0 Å². The SMILES string of the molecule is O=C(N/N=C\c1ccccc1O)C(=O)NC1CCCCC1. The molecule has 6 heteroatoms. The lowest BCUT2D eigenvalue weighted by Crippen LogP contribution is -2.44. The highest BCUT2D eigenvalue weighted by Gasteiger charge is 2.19. The standard InChI is InChI=1S/C15H19N3O3/c19-13-9-5-4-6-11(13)10-16-18-15(21)14(20)17-12-7-2-1-3-8-12/h4-6,9-10,12,19H,1-3,7-8H2,(H,17,20)(H,18,21)/b16-10-. The van der Waals surface area contributed by atoms with Crippen molar-refractivity contribution in [2.24, 2.45) is 5.10 Å². The summed E-state index contributed by atoms with van der Waals surface area (Å²) in [6, 6.07) is 6.66. The van der Waals surface area contributed by atoms with Crippen LogP contribution in [0.2, 0.25) is 0 Å². The molecule has 0 atom stereocenters. The highest BCUT2D eigenvalue weighted by Crippen LogP contribution is 2.17. The van der Waals surface area contributed by atoms with Gasteiger partial charge in [0, 0.05) is 11.6 Å². The van der Waals surface area contributed by atoms with Crippen molar-refractivity contribution in [2.75, 3.05) is 0 Å². The van der Waals surface area contributed by atoms with E-state index in [0.29, 0.717) is 5.56 Å². The third-order valence-electron chi connectivity index (χ3n) is 3.45. The Kier molecular flexibility index (Phi) is 5.31. The van der Waals surface area contributed by atoms with Crippen LogP contribution in [0.3, 0.4) is 0 Å². The summed E-state index contributed by atoms with van der Waals surface area (Å²) in [4.78, 5) is 23.3. The second-order valence-electron chi connectivity index (χ2n) is 5.07. The molecule has 2 amide bonds. The summed E-state index contributed by atoms with van der Waals surface area (Å²) in [5.41, 5.74) is 2.62. The number of hydrogen-bond donors (Lipinski definition) is 3. The highest BCUT2D eigenvalue weighted by molar-refractivity contribution is 6.35. The van der Waals surface area contributed by atoms with Gasteiger partial charge in [-0.15, -0.1) is 0 Å². The number of carbonyl (C=O) groups excluding carboxylic acids is 2. The third-order valence-corrected chi connectivity index (χ3v) is 3.45. The molecule has 1 fully saturated rings. The molecule has 1 aliphatic rings. The molecule has 0 saturated heterocycles. The van der Waals surface area contributed by atoms with E-state index in [0.717, 1.165) is 25.7 Å². The molecule has 0 bridgehead atoms. The molecule has 21 heavy (non-hydrogen) atoms. The first-order valence-corrected chi connectivity index (χ1v) is 7.08. The van der Waals surface area contributed by atoms with Gasteiger partial charge in [0.1, 0.15) is 5.75 Å². The van der Waals surface area contributed by atoms with Crippen LogP contribution in [0.5, 0.6) is 5.75 Å². The van der Waals surface area contributed by atoms with Gasteiger partial charge in [0.2, 0.25) is 0 Å². The maximum absolute atomic E-state index is 11.7. The first-order valence-electron chi connectivity index (χ1n) is 7.08. The Hall–Kier alpha value is -2.37. The van der Waals surface area contributed by atoms with Gasteiger partial charge in [0.05, 0.1) is 6.21 Å². The number of hydrazone groups is 1. The van der Waals surface area contributed by atoms with Crippen LogP contribution in [0.25, 0.3) is 0 Å². The molecule has 0 radical (unpaired) electrons. The predicted octanol–water partition coefficient (Wildman–Crippen LogP) is 1.29. The molecule has 0 aromatic heterocycles. The highest BCUT2D eigenvalue weighted by atomic mass is 16.3. The van der Waals surface area contributed by atoms with Crippen LogP contribution in [0.15, 0.2) is 29.4 Å². The molecule has 6 nitrogen and oxygen atoms in total. The number of aromatic hydroxyl groups is 1. The smallest absolute Gasteiger partial charge is 0.329 e. The van der Waals surface area contributed by atoms with Gasteiger partial charge < -0.3 is 10.4 Å². The van der Waals surface area contributed by atoms with Crippen LogP contribution < -0.4 is 10.7 Å². The minimum absolute atomic E-state index is 0.0576. The van der Waals surface area contributed by atoms with E-state index >= 15 is 0 Å². The van der Waals surface area contributed by atoms with Crippen molar-refractivity contribution in [3.8, 4) is 5.75 Å². The van der Waals surface area contributed by atoms with Crippen molar-refractivity contribution in [2.45, 2.75) is 38.1 Å². The Bertz CT molecular complexity index is 537. The minimum atomic E-state index is -0.799. The lowest BCUT2D eigenvalue weighted by atomic mass is 9.95. The number of phenols is 1. The van der Waals surface area contributed by atoms with Gasteiger partial charge in [-0.25, -0.2) is 5.43 Å². The van der Waals surface area contributed by atoms with Crippen molar-refractivity contribution >= 4 is 18.0 Å². The van der Waals surface area contributed by atoms with Gasteiger partial charge in [-0.3, -0.25) is 9.59 Å². The molecule has 3 N–H and O–H groups in total. The number of rotatable bonds is 3. The monoisotopic (exact) mass is 289 g/mol. The molecule has 2 rings (SSSR count). The van der Waals surface area contributed by atoms with Crippen molar-refractivity contribution in [3.63, 3.8) is 0 Å². The number of para-hydroxylation sites is 1. The van der Waals surface area contributed by atoms with Crippen molar-refractivity contribution < 1.29 is 14.7 Å². The van der Waals surface area contributed by atoms with Gasteiger partial charge in [0.15, 0.2) is 0 Å². The van der Waals surface area contributed by atoms with Crippen LogP contribution in [0.1, 0.15) is 37.7 Å². The summed E-state index contributed by atoms with van der Waals surface area (Å²) >= 11 is 0. The molecule has 1 aliphatic carbocycles. The maximum Gasteiger partial charge on any atom is 0.329 e. The Labute approximate surface area is 123 Å². The quantitative estimate of drug-likeness (QED) is 0.445. The normalized spacial score (nSPS) is 15.8. The molecule has 1 saturated carbocycles. The number of nitrogens with zero attached hydrogens (tertiary/aromatic N) is 1. The number of carbonyl (C=O) groups is 2. The number of benzene rings is 1. The zero-order valence-corrected chi connectivity index (χ0v) is 11.7. The molecule has 1 aromatic carbocycles. The van der Waals surface area contributed by atoms with Crippen LogP contribution >= 0.6 is 0 Å². The van der Waals surface area contributed by atoms with E-state index in [1.54, 1.807) is 18.2 Å². The fourth-order valence-electron chi connectivity index (χ4n) is 2.31. The van der Waals surface area contributed by atoms with Crippen LogP contribution in [-0.2, 0) is 9.59 Å². The van der Waals surface area contributed by atoms with Crippen molar-refractivity contribution in [3.05, 3.63) is 29.8 Å².